The van der Waals surface area contributed by atoms with Crippen molar-refractivity contribution in [3.63, 3.8) is 0 Å². The fourth-order valence-corrected chi connectivity index (χ4v) is 2.07. The van der Waals surface area contributed by atoms with E-state index in [4.69, 9.17) is 14.2 Å². The molecule has 0 aliphatic heterocycles. The van der Waals surface area contributed by atoms with E-state index in [1.165, 1.54) is 0 Å². The highest BCUT2D eigenvalue weighted by molar-refractivity contribution is 5.42. The highest BCUT2D eigenvalue weighted by Crippen LogP contribution is 2.31. The van der Waals surface area contributed by atoms with Gasteiger partial charge in [0.2, 0.25) is 0 Å². The Morgan fingerprint density at radius 3 is 2.53 bits per heavy atom. The zero-order valence-corrected chi connectivity index (χ0v) is 12.4. The molecule has 0 heterocycles. The molecule has 0 fully saturated rings. The minimum Gasteiger partial charge on any atom is -0.497 e. The Hall–Kier alpha value is -1.26. The first-order valence-corrected chi connectivity index (χ1v) is 6.79. The molecule has 1 aromatic rings. The van der Waals surface area contributed by atoms with Crippen molar-refractivity contribution in [2.75, 3.05) is 34.0 Å². The van der Waals surface area contributed by atoms with Crippen molar-refractivity contribution in [2.45, 2.75) is 26.3 Å². The van der Waals surface area contributed by atoms with Crippen LogP contribution in [0.5, 0.6) is 11.5 Å². The largest absolute Gasteiger partial charge is 0.497 e. The summed E-state index contributed by atoms with van der Waals surface area (Å²) in [6.45, 7) is 6.48. The Balaban J connectivity index is 2.91. The van der Waals surface area contributed by atoms with Gasteiger partial charge in [-0.05, 0) is 38.1 Å². The van der Waals surface area contributed by atoms with Crippen molar-refractivity contribution in [1.29, 1.82) is 0 Å². The van der Waals surface area contributed by atoms with Crippen LogP contribution in [0.2, 0.25) is 0 Å². The molecule has 108 valence electrons. The monoisotopic (exact) mass is 267 g/mol. The number of rotatable bonds is 9. The summed E-state index contributed by atoms with van der Waals surface area (Å²) in [6, 6.07) is 6.09. The molecule has 1 rings (SSSR count). The Bertz CT molecular complexity index is 368. The van der Waals surface area contributed by atoms with E-state index in [0.717, 1.165) is 43.2 Å². The Kier molecular flexibility index (Phi) is 7.30. The lowest BCUT2D eigenvalue weighted by molar-refractivity contribution is 0.136. The summed E-state index contributed by atoms with van der Waals surface area (Å²) in [6.07, 6.45) is 0.908. The van der Waals surface area contributed by atoms with Gasteiger partial charge in [-0.15, -0.1) is 0 Å². The standard InChI is InChI=1S/C15H25NO3/c1-5-16-14(9-10-19-6-2)13-11-12(17-3)7-8-15(13)18-4/h7-8,11,14,16H,5-6,9-10H2,1-4H3. The lowest BCUT2D eigenvalue weighted by atomic mass is 10.0. The van der Waals surface area contributed by atoms with Crippen molar-refractivity contribution in [2.24, 2.45) is 0 Å². The molecular formula is C15H25NO3. The number of methoxy groups -OCH3 is 2. The second-order valence-electron chi connectivity index (χ2n) is 4.20. The summed E-state index contributed by atoms with van der Waals surface area (Å²) in [5.41, 5.74) is 1.11. The van der Waals surface area contributed by atoms with Gasteiger partial charge in [-0.2, -0.15) is 0 Å². The van der Waals surface area contributed by atoms with Crippen LogP contribution in [0.3, 0.4) is 0 Å². The minimum atomic E-state index is 0.210. The van der Waals surface area contributed by atoms with E-state index in [2.05, 4.69) is 12.2 Å². The molecule has 0 aliphatic rings. The van der Waals surface area contributed by atoms with Gasteiger partial charge in [0.05, 0.1) is 14.2 Å². The summed E-state index contributed by atoms with van der Waals surface area (Å²) in [4.78, 5) is 0. The van der Waals surface area contributed by atoms with Gasteiger partial charge in [0.1, 0.15) is 11.5 Å². The summed E-state index contributed by atoms with van der Waals surface area (Å²) < 4.78 is 16.2. The molecule has 4 nitrogen and oxygen atoms in total. The summed E-state index contributed by atoms with van der Waals surface area (Å²) in [5.74, 6) is 1.72. The average Bonchev–Trinajstić information content (AvgIpc) is 2.46. The van der Waals surface area contributed by atoms with Crippen LogP contribution in [0.4, 0.5) is 0 Å². The molecule has 0 aromatic heterocycles. The fourth-order valence-electron chi connectivity index (χ4n) is 2.07. The van der Waals surface area contributed by atoms with Crippen LogP contribution in [-0.2, 0) is 4.74 Å². The van der Waals surface area contributed by atoms with Crippen LogP contribution in [0, 0.1) is 0 Å². The topological polar surface area (TPSA) is 39.7 Å². The summed E-state index contributed by atoms with van der Waals surface area (Å²) in [5, 5.41) is 3.47. The molecule has 0 amide bonds. The predicted octanol–water partition coefficient (Wildman–Crippen LogP) is 2.78. The molecule has 1 unspecified atom stereocenters. The molecule has 0 bridgehead atoms. The predicted molar refractivity (Wildman–Crippen MR) is 77.1 cm³/mol. The lowest BCUT2D eigenvalue weighted by Crippen LogP contribution is -2.23. The van der Waals surface area contributed by atoms with Gasteiger partial charge < -0.3 is 19.5 Å². The molecular weight excluding hydrogens is 242 g/mol. The van der Waals surface area contributed by atoms with E-state index in [1.54, 1.807) is 14.2 Å². The maximum atomic E-state index is 5.45. The molecule has 0 aliphatic carbocycles. The van der Waals surface area contributed by atoms with Gasteiger partial charge in [0, 0.05) is 24.8 Å². The van der Waals surface area contributed by atoms with E-state index in [9.17, 15) is 0 Å². The lowest BCUT2D eigenvalue weighted by Gasteiger charge is -2.21. The highest BCUT2D eigenvalue weighted by Gasteiger charge is 2.16. The second-order valence-corrected chi connectivity index (χ2v) is 4.20. The number of ether oxygens (including phenoxy) is 3. The minimum absolute atomic E-state index is 0.210. The first-order chi connectivity index (χ1) is 9.26. The third-order valence-corrected chi connectivity index (χ3v) is 3.02. The molecule has 0 saturated carbocycles. The van der Waals surface area contributed by atoms with E-state index >= 15 is 0 Å². The second kappa shape index (κ2) is 8.77. The van der Waals surface area contributed by atoms with Crippen molar-refractivity contribution in [1.82, 2.24) is 5.32 Å². The van der Waals surface area contributed by atoms with Crippen LogP contribution in [-0.4, -0.2) is 34.0 Å². The van der Waals surface area contributed by atoms with E-state index < -0.39 is 0 Å². The third kappa shape index (κ3) is 4.73. The number of hydrogen-bond acceptors (Lipinski definition) is 4. The van der Waals surface area contributed by atoms with Gasteiger partial charge in [0.15, 0.2) is 0 Å². The number of nitrogens with one attached hydrogen (secondary N) is 1. The van der Waals surface area contributed by atoms with Crippen LogP contribution in [0.25, 0.3) is 0 Å². The third-order valence-electron chi connectivity index (χ3n) is 3.02. The van der Waals surface area contributed by atoms with Crippen molar-refractivity contribution < 1.29 is 14.2 Å². The maximum absolute atomic E-state index is 5.45. The van der Waals surface area contributed by atoms with E-state index in [-0.39, 0.29) is 6.04 Å². The van der Waals surface area contributed by atoms with Crippen LogP contribution < -0.4 is 14.8 Å². The smallest absolute Gasteiger partial charge is 0.123 e. The van der Waals surface area contributed by atoms with Crippen molar-refractivity contribution >= 4 is 0 Å². The van der Waals surface area contributed by atoms with Gasteiger partial charge >= 0.3 is 0 Å². The summed E-state index contributed by atoms with van der Waals surface area (Å²) >= 11 is 0. The number of benzene rings is 1. The van der Waals surface area contributed by atoms with E-state index in [1.807, 2.05) is 25.1 Å². The van der Waals surface area contributed by atoms with Gasteiger partial charge in [-0.25, -0.2) is 0 Å². The molecule has 19 heavy (non-hydrogen) atoms. The van der Waals surface area contributed by atoms with E-state index in [0.29, 0.717) is 0 Å². The Morgan fingerprint density at radius 2 is 1.95 bits per heavy atom. The van der Waals surface area contributed by atoms with Crippen molar-refractivity contribution in [3.8, 4) is 11.5 Å². The fraction of sp³-hybridized carbons (Fsp3) is 0.600. The normalized spacial score (nSPS) is 12.2. The first kappa shape index (κ1) is 15.8. The molecule has 1 aromatic carbocycles. The zero-order chi connectivity index (χ0) is 14.1. The SMILES string of the molecule is CCNC(CCOCC)c1cc(OC)ccc1OC. The van der Waals surface area contributed by atoms with Crippen LogP contribution >= 0.6 is 0 Å². The molecule has 0 saturated heterocycles. The summed E-state index contributed by atoms with van der Waals surface area (Å²) in [7, 11) is 3.37. The molecule has 1 atom stereocenters. The molecule has 0 spiro atoms. The van der Waals surface area contributed by atoms with Gasteiger partial charge in [-0.1, -0.05) is 6.92 Å². The van der Waals surface area contributed by atoms with Crippen LogP contribution in [0.1, 0.15) is 31.9 Å². The molecule has 4 heteroatoms. The first-order valence-electron chi connectivity index (χ1n) is 6.79. The van der Waals surface area contributed by atoms with Crippen LogP contribution in [0.15, 0.2) is 18.2 Å². The Morgan fingerprint density at radius 1 is 1.16 bits per heavy atom. The zero-order valence-electron chi connectivity index (χ0n) is 12.4. The van der Waals surface area contributed by atoms with Crippen molar-refractivity contribution in [3.05, 3.63) is 23.8 Å². The highest BCUT2D eigenvalue weighted by atomic mass is 16.5. The average molecular weight is 267 g/mol. The quantitative estimate of drug-likeness (QED) is 0.698. The van der Waals surface area contributed by atoms with Gasteiger partial charge in [-0.3, -0.25) is 0 Å². The van der Waals surface area contributed by atoms with Gasteiger partial charge in [0.25, 0.3) is 0 Å². The molecule has 0 radical (unpaired) electrons. The number of hydrogen-bond donors (Lipinski definition) is 1. The maximum Gasteiger partial charge on any atom is 0.123 e. The Labute approximate surface area is 116 Å². The molecule has 1 N–H and O–H groups in total.